The van der Waals surface area contributed by atoms with Crippen molar-refractivity contribution in [3.63, 3.8) is 0 Å². The number of thioether (sulfide) groups is 2. The van der Waals surface area contributed by atoms with Crippen LogP contribution in [-0.4, -0.2) is 18.5 Å². The average Bonchev–Trinajstić information content (AvgIpc) is 2.52. The van der Waals surface area contributed by atoms with E-state index in [0.717, 1.165) is 21.2 Å². The summed E-state index contributed by atoms with van der Waals surface area (Å²) in [6.45, 7) is 0. The summed E-state index contributed by atoms with van der Waals surface area (Å²) in [5, 5.41) is 1.76. The lowest BCUT2D eigenvalue weighted by Gasteiger charge is -2.13. The first-order valence-corrected chi connectivity index (χ1v) is 9.22. The van der Waals surface area contributed by atoms with E-state index < -0.39 is 0 Å². The number of hydrogen-bond acceptors (Lipinski definition) is 3. The number of benzene rings is 2. The highest BCUT2D eigenvalue weighted by Gasteiger charge is 2.10. The van der Waals surface area contributed by atoms with Crippen LogP contribution in [-0.2, 0) is 4.74 Å². The van der Waals surface area contributed by atoms with Gasteiger partial charge in [-0.2, -0.15) is 11.8 Å². The Balaban J connectivity index is 2.43. The molecule has 0 amide bonds. The molecule has 0 radical (unpaired) electrons. The van der Waals surface area contributed by atoms with E-state index >= 15 is 0 Å². The van der Waals surface area contributed by atoms with Gasteiger partial charge in [0.2, 0.25) is 0 Å². The van der Waals surface area contributed by atoms with E-state index in [2.05, 4.69) is 30.5 Å². The lowest BCUT2D eigenvalue weighted by atomic mass is 9.99. The van der Waals surface area contributed by atoms with Gasteiger partial charge in [-0.1, -0.05) is 41.9 Å². The third kappa shape index (κ3) is 4.47. The Bertz CT molecular complexity index is 608. The van der Waals surface area contributed by atoms with Gasteiger partial charge in [0.25, 0.3) is 0 Å². The summed E-state index contributed by atoms with van der Waals surface area (Å²) in [4.78, 5) is 1.25. The molecule has 0 fully saturated rings. The van der Waals surface area contributed by atoms with Gasteiger partial charge in [0.05, 0.1) is 13.4 Å². The second kappa shape index (κ2) is 8.42. The molecule has 4 heteroatoms. The van der Waals surface area contributed by atoms with Crippen molar-refractivity contribution in [3.8, 4) is 0 Å². The molecule has 0 aliphatic heterocycles. The fraction of sp³-hybridized carbons (Fsp3) is 0.176. The molecule has 1 nitrogen and oxygen atoms in total. The minimum absolute atomic E-state index is 0.737. The predicted octanol–water partition coefficient (Wildman–Crippen LogP) is 5.79. The molecule has 2 rings (SSSR count). The van der Waals surface area contributed by atoms with Gasteiger partial charge in [-0.3, -0.25) is 0 Å². The first kappa shape index (κ1) is 16.3. The summed E-state index contributed by atoms with van der Waals surface area (Å²) in [7, 11) is 1.67. The minimum atomic E-state index is 0.737. The van der Waals surface area contributed by atoms with Crippen LogP contribution in [0.4, 0.5) is 0 Å². The molecule has 0 aliphatic carbocycles. The smallest absolute Gasteiger partial charge is 0.0909 e. The molecule has 0 atom stereocenters. The summed E-state index contributed by atoms with van der Waals surface area (Å²) in [5.74, 6) is 0. The molecule has 2 aromatic carbocycles. The molecular weight excluding hydrogens is 320 g/mol. The summed E-state index contributed by atoms with van der Waals surface area (Å²) in [6, 6.07) is 16.2. The Hall–Kier alpha value is -1.03. The van der Waals surface area contributed by atoms with Crippen LogP contribution < -0.4 is 0 Å². The average molecular weight is 337 g/mol. The van der Waals surface area contributed by atoms with Crippen LogP contribution in [0.3, 0.4) is 0 Å². The molecule has 0 aromatic heterocycles. The number of ether oxygens (including phenoxy) is 1. The van der Waals surface area contributed by atoms with Crippen LogP contribution in [0.5, 0.6) is 0 Å². The van der Waals surface area contributed by atoms with Crippen molar-refractivity contribution in [2.24, 2.45) is 0 Å². The maximum absolute atomic E-state index is 5.98. The molecule has 0 heterocycles. The van der Waals surface area contributed by atoms with Crippen molar-refractivity contribution in [2.75, 3.05) is 18.5 Å². The van der Waals surface area contributed by atoms with Gasteiger partial charge in [-0.25, -0.2) is 0 Å². The van der Waals surface area contributed by atoms with E-state index in [0.29, 0.717) is 0 Å². The molecule has 0 saturated heterocycles. The van der Waals surface area contributed by atoms with Crippen LogP contribution >= 0.6 is 35.1 Å². The SMILES string of the molecule is CO/C=C(/c1ccc(Cl)cc1)c1ccccc1SCSC. The highest BCUT2D eigenvalue weighted by molar-refractivity contribution is 8.15. The maximum atomic E-state index is 5.98. The van der Waals surface area contributed by atoms with E-state index in [1.165, 1.54) is 10.5 Å². The largest absolute Gasteiger partial charge is 0.504 e. The molecular formula is C17H17ClOS2. The zero-order chi connectivity index (χ0) is 15.1. The molecule has 0 spiro atoms. The van der Waals surface area contributed by atoms with Gasteiger partial charge in [0.1, 0.15) is 0 Å². The van der Waals surface area contributed by atoms with Crippen LogP contribution in [0.1, 0.15) is 11.1 Å². The normalized spacial score (nSPS) is 11.5. The van der Waals surface area contributed by atoms with Gasteiger partial charge in [-0.15, -0.1) is 11.8 Å². The lowest BCUT2D eigenvalue weighted by molar-refractivity contribution is 0.340. The molecule has 0 bridgehead atoms. The fourth-order valence-corrected chi connectivity index (χ4v) is 3.59. The maximum Gasteiger partial charge on any atom is 0.0909 e. The molecule has 0 aliphatic rings. The van der Waals surface area contributed by atoms with E-state index in [1.54, 1.807) is 13.4 Å². The van der Waals surface area contributed by atoms with Crippen LogP contribution in [0.2, 0.25) is 5.02 Å². The zero-order valence-corrected chi connectivity index (χ0v) is 14.4. The lowest BCUT2D eigenvalue weighted by Crippen LogP contribution is -1.92. The fourth-order valence-electron chi connectivity index (χ4n) is 1.97. The Morgan fingerprint density at radius 1 is 1.14 bits per heavy atom. The third-order valence-electron chi connectivity index (χ3n) is 2.90. The van der Waals surface area contributed by atoms with Gasteiger partial charge >= 0.3 is 0 Å². The Labute approximate surface area is 139 Å². The zero-order valence-electron chi connectivity index (χ0n) is 12.0. The number of hydrogen-bond donors (Lipinski definition) is 0. The number of rotatable bonds is 6. The van der Waals surface area contributed by atoms with Gasteiger partial charge in [0.15, 0.2) is 0 Å². The highest BCUT2D eigenvalue weighted by atomic mass is 35.5. The van der Waals surface area contributed by atoms with Gasteiger partial charge in [0, 0.05) is 20.6 Å². The van der Waals surface area contributed by atoms with E-state index in [4.69, 9.17) is 16.3 Å². The Morgan fingerprint density at radius 3 is 2.52 bits per heavy atom. The molecule has 0 saturated carbocycles. The predicted molar refractivity (Wildman–Crippen MR) is 96.2 cm³/mol. The van der Waals surface area contributed by atoms with Crippen molar-refractivity contribution in [1.82, 2.24) is 0 Å². The number of halogens is 1. The number of methoxy groups -OCH3 is 1. The van der Waals surface area contributed by atoms with Crippen LogP contribution in [0.25, 0.3) is 5.57 Å². The van der Waals surface area contributed by atoms with E-state index in [1.807, 2.05) is 47.8 Å². The summed E-state index contributed by atoms with van der Waals surface area (Å²) in [6.07, 6.45) is 3.91. The standard InChI is InChI=1S/C17H17ClOS2/c1-19-11-16(13-7-9-14(18)10-8-13)15-5-3-4-6-17(15)21-12-20-2/h3-11H,12H2,1-2H3/b16-11-. The Morgan fingerprint density at radius 2 is 1.86 bits per heavy atom. The summed E-state index contributed by atoms with van der Waals surface area (Å²) in [5.41, 5.74) is 3.34. The second-order valence-electron chi connectivity index (χ2n) is 4.32. The third-order valence-corrected chi connectivity index (χ3v) is 5.23. The minimum Gasteiger partial charge on any atom is -0.504 e. The quantitative estimate of drug-likeness (QED) is 0.375. The first-order chi connectivity index (χ1) is 10.3. The topological polar surface area (TPSA) is 9.23 Å². The van der Waals surface area contributed by atoms with Crippen molar-refractivity contribution in [3.05, 3.63) is 70.9 Å². The molecule has 21 heavy (non-hydrogen) atoms. The second-order valence-corrected chi connectivity index (χ2v) is 7.01. The van der Waals surface area contributed by atoms with Gasteiger partial charge in [-0.05, 0) is 35.6 Å². The van der Waals surface area contributed by atoms with Crippen molar-refractivity contribution in [1.29, 1.82) is 0 Å². The van der Waals surface area contributed by atoms with Crippen molar-refractivity contribution < 1.29 is 4.74 Å². The summed E-state index contributed by atoms with van der Waals surface area (Å²) >= 11 is 9.64. The van der Waals surface area contributed by atoms with Crippen LogP contribution in [0, 0.1) is 0 Å². The molecule has 0 N–H and O–H groups in total. The molecule has 110 valence electrons. The van der Waals surface area contributed by atoms with E-state index in [9.17, 15) is 0 Å². The first-order valence-electron chi connectivity index (χ1n) is 6.46. The Kier molecular flexibility index (Phi) is 6.55. The van der Waals surface area contributed by atoms with E-state index in [-0.39, 0.29) is 0 Å². The van der Waals surface area contributed by atoms with Gasteiger partial charge < -0.3 is 4.74 Å². The monoisotopic (exact) mass is 336 g/mol. The van der Waals surface area contributed by atoms with Crippen LogP contribution in [0.15, 0.2) is 59.7 Å². The summed E-state index contributed by atoms with van der Waals surface area (Å²) < 4.78 is 5.29. The van der Waals surface area contributed by atoms with Crippen molar-refractivity contribution >= 4 is 40.7 Å². The van der Waals surface area contributed by atoms with Crippen molar-refractivity contribution in [2.45, 2.75) is 4.90 Å². The molecule has 2 aromatic rings. The highest BCUT2D eigenvalue weighted by Crippen LogP contribution is 2.33. The molecule has 0 unspecified atom stereocenters.